The molecular weight excluding hydrogens is 665 g/mol. The molecule has 0 saturated carbocycles. The van der Waals surface area contributed by atoms with E-state index in [4.69, 9.17) is 0 Å². The lowest BCUT2D eigenvalue weighted by atomic mass is 9.78. The monoisotopic (exact) mass is 704 g/mol. The Morgan fingerprint density at radius 1 is 0.418 bits per heavy atom. The number of para-hydroxylation sites is 2. The number of hydrogen-bond acceptors (Lipinski definition) is 1. The Bertz CT molecular complexity index is 3140. The van der Waals surface area contributed by atoms with Crippen LogP contribution in [0.15, 0.2) is 170 Å². The first-order chi connectivity index (χ1) is 26.8. The van der Waals surface area contributed by atoms with Crippen molar-refractivity contribution in [3.8, 4) is 27.9 Å². The number of rotatable bonds is 4. The Balaban J connectivity index is 1.04. The average molecular weight is 705 g/mol. The van der Waals surface area contributed by atoms with Crippen LogP contribution in [0.3, 0.4) is 0 Å². The fraction of sp³-hybridized carbons (Fsp3) is 0.0943. The molecule has 10 aromatic rings. The van der Waals surface area contributed by atoms with E-state index in [1.165, 1.54) is 98.9 Å². The van der Waals surface area contributed by atoms with Crippen molar-refractivity contribution in [1.29, 1.82) is 0 Å². The van der Waals surface area contributed by atoms with Crippen LogP contribution in [0.25, 0.3) is 82.1 Å². The first-order valence-corrected chi connectivity index (χ1v) is 19.3. The summed E-state index contributed by atoms with van der Waals surface area (Å²) in [6.07, 6.45) is 0. The van der Waals surface area contributed by atoms with E-state index in [0.717, 1.165) is 11.4 Å². The van der Waals surface area contributed by atoms with Gasteiger partial charge in [0.25, 0.3) is 0 Å². The molecule has 55 heavy (non-hydrogen) atoms. The Morgan fingerprint density at radius 2 is 0.927 bits per heavy atom. The predicted octanol–water partition coefficient (Wildman–Crippen LogP) is 15.0. The van der Waals surface area contributed by atoms with Crippen LogP contribution in [0.1, 0.15) is 31.9 Å². The average Bonchev–Trinajstić information content (AvgIpc) is 3.54. The molecule has 1 aliphatic carbocycles. The Morgan fingerprint density at radius 3 is 1.56 bits per heavy atom. The molecule has 1 heterocycles. The van der Waals surface area contributed by atoms with Crippen LogP contribution in [0.4, 0.5) is 17.1 Å². The Kier molecular flexibility index (Phi) is 6.76. The van der Waals surface area contributed by atoms with E-state index in [1.807, 2.05) is 0 Å². The molecule has 11 rings (SSSR count). The van der Waals surface area contributed by atoms with Crippen LogP contribution in [0.5, 0.6) is 0 Å². The third-order valence-corrected chi connectivity index (χ3v) is 11.8. The molecule has 2 nitrogen and oxygen atoms in total. The molecule has 0 atom stereocenters. The lowest BCUT2D eigenvalue weighted by molar-refractivity contribution is 0.592. The van der Waals surface area contributed by atoms with Crippen molar-refractivity contribution in [3.05, 3.63) is 181 Å². The highest BCUT2D eigenvalue weighted by Crippen LogP contribution is 2.52. The number of benzene rings is 9. The van der Waals surface area contributed by atoms with Gasteiger partial charge in [-0.05, 0) is 140 Å². The van der Waals surface area contributed by atoms with Crippen molar-refractivity contribution < 1.29 is 0 Å². The van der Waals surface area contributed by atoms with Crippen LogP contribution in [-0.4, -0.2) is 4.57 Å². The van der Waals surface area contributed by atoms with E-state index >= 15 is 0 Å². The number of hydrogen-bond donors (Lipinski definition) is 0. The smallest absolute Gasteiger partial charge is 0.0577 e. The SMILES string of the molecule is Cc1ccc(N(c2ccc3cc4c(cc3c2)-c2cc3ccc(-n5c6ccccc6c6ccccc65)cc3cc2-4)c2c(C(C)(C)C)ccc3ccccc23)cc1. The molecule has 0 aliphatic heterocycles. The minimum Gasteiger partial charge on any atom is -0.310 e. The first kappa shape index (κ1) is 31.8. The van der Waals surface area contributed by atoms with E-state index in [9.17, 15) is 0 Å². The number of aryl methyl sites for hydroxylation is 1. The summed E-state index contributed by atoms with van der Waals surface area (Å²) >= 11 is 0. The van der Waals surface area contributed by atoms with Gasteiger partial charge >= 0.3 is 0 Å². The van der Waals surface area contributed by atoms with Crippen molar-refractivity contribution in [2.75, 3.05) is 4.90 Å². The van der Waals surface area contributed by atoms with Gasteiger partial charge in [0.1, 0.15) is 0 Å². The highest BCUT2D eigenvalue weighted by Gasteiger charge is 2.27. The lowest BCUT2D eigenvalue weighted by Crippen LogP contribution is -2.19. The number of fused-ring (bicyclic) bond motifs is 10. The number of nitrogens with zero attached hydrogens (tertiary/aromatic N) is 2. The third-order valence-electron chi connectivity index (χ3n) is 11.8. The summed E-state index contributed by atoms with van der Waals surface area (Å²) in [5.74, 6) is 0. The molecule has 1 aromatic heterocycles. The molecule has 0 fully saturated rings. The quantitative estimate of drug-likeness (QED) is 0.177. The van der Waals surface area contributed by atoms with E-state index in [-0.39, 0.29) is 5.41 Å². The molecule has 0 unspecified atom stereocenters. The second kappa shape index (κ2) is 11.7. The maximum Gasteiger partial charge on any atom is 0.0577 e. The van der Waals surface area contributed by atoms with Gasteiger partial charge in [-0.25, -0.2) is 0 Å². The summed E-state index contributed by atoms with van der Waals surface area (Å²) in [6, 6.07) is 63.4. The molecule has 9 aromatic carbocycles. The van der Waals surface area contributed by atoms with Crippen LogP contribution in [-0.2, 0) is 5.41 Å². The normalized spacial score (nSPS) is 12.4. The molecule has 2 heteroatoms. The first-order valence-electron chi connectivity index (χ1n) is 19.3. The van der Waals surface area contributed by atoms with Gasteiger partial charge in [0.2, 0.25) is 0 Å². The zero-order valence-corrected chi connectivity index (χ0v) is 31.6. The van der Waals surface area contributed by atoms with Crippen molar-refractivity contribution in [2.45, 2.75) is 33.1 Å². The number of aromatic nitrogens is 1. The predicted molar refractivity (Wildman–Crippen MR) is 236 cm³/mol. The van der Waals surface area contributed by atoms with Gasteiger partial charge in [0.15, 0.2) is 0 Å². The largest absolute Gasteiger partial charge is 0.310 e. The molecule has 0 radical (unpaired) electrons. The summed E-state index contributed by atoms with van der Waals surface area (Å²) in [5.41, 5.74) is 15.1. The van der Waals surface area contributed by atoms with Gasteiger partial charge in [0, 0.05) is 33.2 Å². The summed E-state index contributed by atoms with van der Waals surface area (Å²) in [5, 5.41) is 10.1. The summed E-state index contributed by atoms with van der Waals surface area (Å²) in [7, 11) is 0. The highest BCUT2D eigenvalue weighted by atomic mass is 15.1. The molecule has 0 spiro atoms. The second-order valence-electron chi connectivity index (χ2n) is 16.3. The minimum atomic E-state index is -0.0568. The van der Waals surface area contributed by atoms with Gasteiger partial charge in [-0.2, -0.15) is 0 Å². The van der Waals surface area contributed by atoms with Gasteiger partial charge in [-0.1, -0.05) is 123 Å². The fourth-order valence-corrected chi connectivity index (χ4v) is 9.08. The fourth-order valence-electron chi connectivity index (χ4n) is 9.08. The zero-order chi connectivity index (χ0) is 37.0. The summed E-state index contributed by atoms with van der Waals surface area (Å²) < 4.78 is 2.41. The van der Waals surface area contributed by atoms with Crippen molar-refractivity contribution >= 4 is 71.2 Å². The standard InChI is InChI=1S/C53H40N2/c1-33-17-22-39(23-18-33)54(52-42-12-6-5-11-34(42)21-26-49(52)53(2,3)4)40-24-19-35-29-45-47(31-37(35)27-40)46-30-36-20-25-41(28-38(36)32-48(45)46)55-50-15-9-7-13-43(50)44-14-8-10-16-51(44)55/h5-32H,1-4H3. The topological polar surface area (TPSA) is 8.17 Å². The van der Waals surface area contributed by atoms with Gasteiger partial charge < -0.3 is 9.47 Å². The van der Waals surface area contributed by atoms with E-state index in [2.05, 4.69) is 207 Å². The molecule has 0 amide bonds. The molecule has 0 bridgehead atoms. The van der Waals surface area contributed by atoms with Gasteiger partial charge in [-0.15, -0.1) is 0 Å². The Labute approximate surface area is 321 Å². The summed E-state index contributed by atoms with van der Waals surface area (Å²) in [6.45, 7) is 9.12. The molecule has 0 N–H and O–H groups in total. The van der Waals surface area contributed by atoms with Crippen molar-refractivity contribution in [3.63, 3.8) is 0 Å². The van der Waals surface area contributed by atoms with E-state index in [0.29, 0.717) is 0 Å². The Hall–Kier alpha value is -6.64. The third kappa shape index (κ3) is 4.88. The molecular formula is C53H40N2. The maximum atomic E-state index is 2.48. The molecule has 262 valence electrons. The van der Waals surface area contributed by atoms with E-state index in [1.54, 1.807) is 0 Å². The van der Waals surface area contributed by atoms with Crippen molar-refractivity contribution in [1.82, 2.24) is 4.57 Å². The number of anilines is 3. The van der Waals surface area contributed by atoms with Crippen LogP contribution in [0, 0.1) is 6.92 Å². The highest BCUT2D eigenvalue weighted by molar-refractivity contribution is 6.13. The summed E-state index contributed by atoms with van der Waals surface area (Å²) in [4.78, 5) is 2.48. The minimum absolute atomic E-state index is 0.0568. The maximum absolute atomic E-state index is 2.48. The van der Waals surface area contributed by atoms with Gasteiger partial charge in [-0.3, -0.25) is 0 Å². The van der Waals surface area contributed by atoms with Gasteiger partial charge in [0.05, 0.1) is 16.7 Å². The van der Waals surface area contributed by atoms with Crippen molar-refractivity contribution in [2.24, 2.45) is 0 Å². The lowest BCUT2D eigenvalue weighted by Gasteiger charge is -2.33. The van der Waals surface area contributed by atoms with Crippen LogP contribution >= 0.6 is 0 Å². The zero-order valence-electron chi connectivity index (χ0n) is 31.6. The molecule has 1 aliphatic rings. The van der Waals surface area contributed by atoms with Crippen LogP contribution < -0.4 is 4.90 Å². The van der Waals surface area contributed by atoms with Crippen LogP contribution in [0.2, 0.25) is 0 Å². The molecule has 0 saturated heterocycles. The van der Waals surface area contributed by atoms with E-state index < -0.39 is 0 Å². The second-order valence-corrected chi connectivity index (χ2v) is 16.3.